The number of rotatable bonds is 8. The highest BCUT2D eigenvalue weighted by Gasteiger charge is 2.24. The summed E-state index contributed by atoms with van der Waals surface area (Å²) in [5.74, 6) is 0.260. The van der Waals surface area contributed by atoms with Crippen LogP contribution in [0.15, 0.2) is 78.9 Å². The Hall–Kier alpha value is -2.91. The Morgan fingerprint density at radius 3 is 2.23 bits per heavy atom. The van der Waals surface area contributed by atoms with Crippen LogP contribution in [0.4, 0.5) is 5.69 Å². The number of aryl methyl sites for hydroxylation is 2. The highest BCUT2D eigenvalue weighted by molar-refractivity contribution is 5.69. The standard InChI is InChI=1S/C27H30N2O/c1-21-14-15-27-24(17-21)13-8-16-29(27)25(20-30)18-28-19-26(22-9-4-2-5-10-22)23-11-6-3-7-12-23/h2-7,9-12,14-15,17,20,25-26,28H,8,13,16,18-19H2,1H3. The van der Waals surface area contributed by atoms with E-state index in [1.54, 1.807) is 0 Å². The van der Waals surface area contributed by atoms with Crippen molar-refractivity contribution in [2.24, 2.45) is 0 Å². The molecule has 0 saturated carbocycles. The monoisotopic (exact) mass is 398 g/mol. The normalized spacial score (nSPS) is 14.4. The molecule has 1 aliphatic rings. The summed E-state index contributed by atoms with van der Waals surface area (Å²) >= 11 is 0. The quantitative estimate of drug-likeness (QED) is 0.557. The van der Waals surface area contributed by atoms with Crippen LogP contribution in [0.1, 0.15) is 34.6 Å². The molecule has 4 rings (SSSR count). The van der Waals surface area contributed by atoms with E-state index in [2.05, 4.69) is 96.0 Å². The molecule has 0 saturated heterocycles. The van der Waals surface area contributed by atoms with Gasteiger partial charge in [-0.25, -0.2) is 0 Å². The van der Waals surface area contributed by atoms with Crippen LogP contribution < -0.4 is 10.2 Å². The zero-order valence-corrected chi connectivity index (χ0v) is 17.6. The van der Waals surface area contributed by atoms with Crippen molar-refractivity contribution < 1.29 is 4.79 Å². The minimum atomic E-state index is -0.154. The molecule has 0 bridgehead atoms. The molecule has 30 heavy (non-hydrogen) atoms. The molecule has 1 unspecified atom stereocenters. The Kier molecular flexibility index (Phi) is 6.60. The fourth-order valence-electron chi connectivity index (χ4n) is 4.51. The average Bonchev–Trinajstić information content (AvgIpc) is 2.80. The Morgan fingerprint density at radius 2 is 1.60 bits per heavy atom. The van der Waals surface area contributed by atoms with E-state index < -0.39 is 0 Å². The van der Waals surface area contributed by atoms with Gasteiger partial charge in [0.25, 0.3) is 0 Å². The van der Waals surface area contributed by atoms with Crippen LogP contribution in [-0.4, -0.2) is 32.0 Å². The van der Waals surface area contributed by atoms with Crippen LogP contribution in [0.3, 0.4) is 0 Å². The van der Waals surface area contributed by atoms with Crippen molar-refractivity contribution in [1.29, 1.82) is 0 Å². The topological polar surface area (TPSA) is 32.3 Å². The molecule has 0 aromatic heterocycles. The van der Waals surface area contributed by atoms with Gasteiger partial charge in [-0.15, -0.1) is 0 Å². The van der Waals surface area contributed by atoms with Gasteiger partial charge in [-0.05, 0) is 42.5 Å². The molecule has 3 nitrogen and oxygen atoms in total. The third-order valence-electron chi connectivity index (χ3n) is 6.05. The summed E-state index contributed by atoms with van der Waals surface area (Å²) in [6.45, 7) is 4.51. The van der Waals surface area contributed by atoms with Gasteiger partial charge in [0.2, 0.25) is 0 Å². The summed E-state index contributed by atoms with van der Waals surface area (Å²) in [4.78, 5) is 14.3. The molecule has 1 heterocycles. The van der Waals surface area contributed by atoms with Gasteiger partial charge >= 0.3 is 0 Å². The zero-order valence-electron chi connectivity index (χ0n) is 17.6. The van der Waals surface area contributed by atoms with Crippen molar-refractivity contribution in [3.8, 4) is 0 Å². The van der Waals surface area contributed by atoms with E-state index in [0.717, 1.165) is 32.2 Å². The summed E-state index contributed by atoms with van der Waals surface area (Å²) in [6.07, 6.45) is 3.29. The smallest absolute Gasteiger partial charge is 0.143 e. The number of aldehydes is 1. The lowest BCUT2D eigenvalue weighted by molar-refractivity contribution is -0.108. The molecule has 0 spiro atoms. The number of nitrogens with one attached hydrogen (secondary N) is 1. The molecule has 154 valence electrons. The highest BCUT2D eigenvalue weighted by Crippen LogP contribution is 2.29. The average molecular weight is 399 g/mol. The summed E-state index contributed by atoms with van der Waals surface area (Å²) in [5.41, 5.74) is 6.44. The maximum absolute atomic E-state index is 12.0. The summed E-state index contributed by atoms with van der Waals surface area (Å²) < 4.78 is 0. The molecule has 1 aliphatic heterocycles. The van der Waals surface area contributed by atoms with E-state index in [-0.39, 0.29) is 12.0 Å². The minimum Gasteiger partial charge on any atom is -0.360 e. The SMILES string of the molecule is Cc1ccc2c(c1)CCCN2C(C=O)CNCC(c1ccccc1)c1ccccc1. The lowest BCUT2D eigenvalue weighted by atomic mass is 9.91. The van der Waals surface area contributed by atoms with Crippen molar-refractivity contribution >= 4 is 12.0 Å². The molecule has 3 aromatic carbocycles. The number of fused-ring (bicyclic) bond motifs is 1. The minimum absolute atomic E-state index is 0.154. The summed E-state index contributed by atoms with van der Waals surface area (Å²) in [7, 11) is 0. The third-order valence-corrected chi connectivity index (χ3v) is 6.05. The van der Waals surface area contributed by atoms with E-state index in [0.29, 0.717) is 6.54 Å². The zero-order chi connectivity index (χ0) is 20.8. The highest BCUT2D eigenvalue weighted by atomic mass is 16.1. The van der Waals surface area contributed by atoms with E-state index in [9.17, 15) is 4.79 Å². The first kappa shape index (κ1) is 20.4. The van der Waals surface area contributed by atoms with Gasteiger partial charge in [-0.1, -0.05) is 78.4 Å². The van der Waals surface area contributed by atoms with Crippen LogP contribution in [0, 0.1) is 6.92 Å². The van der Waals surface area contributed by atoms with Gasteiger partial charge in [0.05, 0.1) is 6.04 Å². The van der Waals surface area contributed by atoms with Crippen molar-refractivity contribution in [2.45, 2.75) is 31.7 Å². The van der Waals surface area contributed by atoms with Crippen molar-refractivity contribution in [3.05, 3.63) is 101 Å². The molecule has 3 aromatic rings. The van der Waals surface area contributed by atoms with E-state index in [1.807, 2.05) is 0 Å². The lowest BCUT2D eigenvalue weighted by Crippen LogP contribution is -2.46. The fraction of sp³-hybridized carbons (Fsp3) is 0.296. The van der Waals surface area contributed by atoms with Gasteiger partial charge in [0, 0.05) is 31.2 Å². The Morgan fingerprint density at radius 1 is 0.933 bits per heavy atom. The molecule has 0 aliphatic carbocycles. The van der Waals surface area contributed by atoms with Crippen LogP contribution in [0.5, 0.6) is 0 Å². The van der Waals surface area contributed by atoms with Crippen LogP contribution in [-0.2, 0) is 11.2 Å². The number of hydrogen-bond donors (Lipinski definition) is 1. The van der Waals surface area contributed by atoms with Crippen molar-refractivity contribution in [2.75, 3.05) is 24.5 Å². The molecule has 0 amide bonds. The lowest BCUT2D eigenvalue weighted by Gasteiger charge is -2.36. The second-order valence-corrected chi connectivity index (χ2v) is 8.16. The molecule has 0 fully saturated rings. The fourth-order valence-corrected chi connectivity index (χ4v) is 4.51. The first-order valence-corrected chi connectivity index (χ1v) is 10.9. The largest absolute Gasteiger partial charge is 0.360 e. The first-order chi connectivity index (χ1) is 14.8. The van der Waals surface area contributed by atoms with Crippen molar-refractivity contribution in [3.63, 3.8) is 0 Å². The van der Waals surface area contributed by atoms with Crippen LogP contribution >= 0.6 is 0 Å². The van der Waals surface area contributed by atoms with Gasteiger partial charge < -0.3 is 15.0 Å². The number of benzene rings is 3. The maximum Gasteiger partial charge on any atom is 0.143 e. The first-order valence-electron chi connectivity index (χ1n) is 10.9. The van der Waals surface area contributed by atoms with Gasteiger partial charge in [-0.3, -0.25) is 0 Å². The second kappa shape index (κ2) is 9.73. The molecule has 3 heteroatoms. The number of anilines is 1. The van der Waals surface area contributed by atoms with Crippen LogP contribution in [0.2, 0.25) is 0 Å². The van der Waals surface area contributed by atoms with E-state index in [1.165, 1.54) is 27.9 Å². The van der Waals surface area contributed by atoms with Gasteiger partial charge in [0.15, 0.2) is 0 Å². The number of hydrogen-bond acceptors (Lipinski definition) is 3. The van der Waals surface area contributed by atoms with E-state index >= 15 is 0 Å². The van der Waals surface area contributed by atoms with Crippen molar-refractivity contribution in [1.82, 2.24) is 5.32 Å². The molecular weight excluding hydrogens is 368 g/mol. The third kappa shape index (κ3) is 4.63. The number of carbonyl (C=O) groups is 1. The Balaban J connectivity index is 1.47. The van der Waals surface area contributed by atoms with E-state index in [4.69, 9.17) is 0 Å². The van der Waals surface area contributed by atoms with Gasteiger partial charge in [0.1, 0.15) is 6.29 Å². The predicted molar refractivity (Wildman–Crippen MR) is 124 cm³/mol. The molecular formula is C27H30N2O. The Bertz CT molecular complexity index is 916. The summed E-state index contributed by atoms with van der Waals surface area (Å²) in [5, 5.41) is 3.60. The molecule has 0 radical (unpaired) electrons. The molecule has 1 N–H and O–H groups in total. The maximum atomic E-state index is 12.0. The van der Waals surface area contributed by atoms with Crippen LogP contribution in [0.25, 0.3) is 0 Å². The number of carbonyl (C=O) groups excluding carboxylic acids is 1. The molecule has 1 atom stereocenters. The van der Waals surface area contributed by atoms with Gasteiger partial charge in [-0.2, -0.15) is 0 Å². The Labute approximate surface area is 179 Å². The second-order valence-electron chi connectivity index (χ2n) is 8.16. The summed E-state index contributed by atoms with van der Waals surface area (Å²) in [6, 6.07) is 27.6. The predicted octanol–water partition coefficient (Wildman–Crippen LogP) is 4.74. The number of nitrogens with zero attached hydrogens (tertiary/aromatic N) is 1.